The Bertz CT molecular complexity index is 366. The van der Waals surface area contributed by atoms with E-state index in [1.807, 2.05) is 6.92 Å². The molecule has 1 heterocycles. The summed E-state index contributed by atoms with van der Waals surface area (Å²) in [6.45, 7) is 9.91. The Balaban J connectivity index is 2.54. The van der Waals surface area contributed by atoms with Crippen LogP contribution in [0.4, 0.5) is 0 Å². The zero-order chi connectivity index (χ0) is 15.0. The molecule has 0 fully saturated rings. The summed E-state index contributed by atoms with van der Waals surface area (Å²) in [6, 6.07) is 0. The van der Waals surface area contributed by atoms with Crippen LogP contribution in [0.2, 0.25) is 0 Å². The maximum atomic E-state index is 5.66. The zero-order valence-electron chi connectivity index (χ0n) is 13.3. The van der Waals surface area contributed by atoms with Gasteiger partial charge in [0.05, 0.1) is 0 Å². The molecule has 5 nitrogen and oxygen atoms in total. The van der Waals surface area contributed by atoms with Gasteiger partial charge in [0.25, 0.3) is 0 Å². The lowest BCUT2D eigenvalue weighted by Crippen LogP contribution is -2.15. The molecule has 0 aliphatic heterocycles. The highest BCUT2D eigenvalue weighted by atomic mass is 16.5. The molecule has 5 heteroatoms. The molecule has 20 heavy (non-hydrogen) atoms. The molecule has 0 aliphatic rings. The third kappa shape index (κ3) is 5.21. The van der Waals surface area contributed by atoms with Crippen molar-refractivity contribution < 1.29 is 9.26 Å². The highest BCUT2D eigenvalue weighted by molar-refractivity contribution is 4.91. The van der Waals surface area contributed by atoms with Crippen molar-refractivity contribution >= 4 is 0 Å². The Labute approximate surface area is 122 Å². The van der Waals surface area contributed by atoms with E-state index in [0.29, 0.717) is 30.2 Å². The molecule has 0 amide bonds. The van der Waals surface area contributed by atoms with Crippen LogP contribution in [0.3, 0.4) is 0 Å². The first-order valence-corrected chi connectivity index (χ1v) is 7.76. The van der Waals surface area contributed by atoms with E-state index in [-0.39, 0.29) is 6.10 Å². The van der Waals surface area contributed by atoms with Gasteiger partial charge in [-0.3, -0.25) is 0 Å². The minimum Gasteiger partial charge on any atom is -0.370 e. The van der Waals surface area contributed by atoms with E-state index in [4.69, 9.17) is 15.0 Å². The van der Waals surface area contributed by atoms with Crippen molar-refractivity contribution in [2.24, 2.45) is 17.6 Å². The first kappa shape index (κ1) is 17.1. The van der Waals surface area contributed by atoms with Gasteiger partial charge in [-0.25, -0.2) is 0 Å². The smallest absolute Gasteiger partial charge is 0.226 e. The maximum absolute atomic E-state index is 5.66. The van der Waals surface area contributed by atoms with Crippen LogP contribution in [0.15, 0.2) is 4.52 Å². The van der Waals surface area contributed by atoms with Gasteiger partial charge in [-0.05, 0) is 44.6 Å². The van der Waals surface area contributed by atoms with E-state index in [1.165, 1.54) is 0 Å². The van der Waals surface area contributed by atoms with Crippen LogP contribution in [-0.4, -0.2) is 23.3 Å². The summed E-state index contributed by atoms with van der Waals surface area (Å²) in [5, 5.41) is 4.04. The average Bonchev–Trinajstić information content (AvgIpc) is 2.89. The summed E-state index contributed by atoms with van der Waals surface area (Å²) in [5.74, 6) is 2.63. The van der Waals surface area contributed by atoms with Crippen molar-refractivity contribution in [3.05, 3.63) is 11.7 Å². The predicted molar refractivity (Wildman–Crippen MR) is 79.3 cm³/mol. The van der Waals surface area contributed by atoms with Gasteiger partial charge in [0.2, 0.25) is 11.7 Å². The van der Waals surface area contributed by atoms with Gasteiger partial charge < -0.3 is 15.0 Å². The molecule has 2 atom stereocenters. The standard InChI is InChI=1S/C15H29N3O2/c1-5-13(19-6-2)15-17-14(20-18-15)8-7-12(9-10-16)11(3)4/h11-13H,5-10,16H2,1-4H3. The van der Waals surface area contributed by atoms with Crippen molar-refractivity contribution in [3.63, 3.8) is 0 Å². The molecular formula is C15H29N3O2. The third-order valence-electron chi connectivity index (χ3n) is 3.72. The van der Waals surface area contributed by atoms with E-state index in [2.05, 4.69) is 30.9 Å². The first-order valence-electron chi connectivity index (χ1n) is 7.76. The fourth-order valence-electron chi connectivity index (χ4n) is 2.41. The summed E-state index contributed by atoms with van der Waals surface area (Å²) in [6.07, 6.45) is 3.71. The Morgan fingerprint density at radius 1 is 1.25 bits per heavy atom. The number of aryl methyl sites for hydroxylation is 1. The minimum atomic E-state index is -0.0533. The van der Waals surface area contributed by atoms with Crippen LogP contribution in [0.5, 0.6) is 0 Å². The molecule has 2 unspecified atom stereocenters. The predicted octanol–water partition coefficient (Wildman–Crippen LogP) is 3.11. The maximum Gasteiger partial charge on any atom is 0.226 e. The quantitative estimate of drug-likeness (QED) is 0.714. The summed E-state index contributed by atoms with van der Waals surface area (Å²) in [5.41, 5.74) is 5.66. The number of nitrogens with zero attached hydrogens (tertiary/aromatic N) is 2. The number of hydrogen-bond acceptors (Lipinski definition) is 5. The third-order valence-corrected chi connectivity index (χ3v) is 3.72. The van der Waals surface area contributed by atoms with Gasteiger partial charge in [-0.15, -0.1) is 0 Å². The van der Waals surface area contributed by atoms with E-state index < -0.39 is 0 Å². The normalized spacial score (nSPS) is 14.7. The lowest BCUT2D eigenvalue weighted by Gasteiger charge is -2.18. The van der Waals surface area contributed by atoms with E-state index in [1.54, 1.807) is 0 Å². The van der Waals surface area contributed by atoms with Crippen molar-refractivity contribution in [3.8, 4) is 0 Å². The highest BCUT2D eigenvalue weighted by Crippen LogP contribution is 2.22. The number of nitrogens with two attached hydrogens (primary N) is 1. The molecule has 0 spiro atoms. The van der Waals surface area contributed by atoms with Gasteiger partial charge in [0.1, 0.15) is 6.10 Å². The van der Waals surface area contributed by atoms with Gasteiger partial charge in [0, 0.05) is 13.0 Å². The fourth-order valence-corrected chi connectivity index (χ4v) is 2.41. The molecular weight excluding hydrogens is 254 g/mol. The molecule has 0 aliphatic carbocycles. The second kappa shape index (κ2) is 9.08. The number of hydrogen-bond donors (Lipinski definition) is 1. The van der Waals surface area contributed by atoms with Crippen molar-refractivity contribution in [1.29, 1.82) is 0 Å². The SMILES string of the molecule is CCOC(CC)c1noc(CCC(CCN)C(C)C)n1. The summed E-state index contributed by atoms with van der Waals surface area (Å²) >= 11 is 0. The molecule has 1 aromatic rings. The Hall–Kier alpha value is -0.940. The average molecular weight is 283 g/mol. The van der Waals surface area contributed by atoms with Crippen molar-refractivity contribution in [1.82, 2.24) is 10.1 Å². The van der Waals surface area contributed by atoms with Crippen molar-refractivity contribution in [2.75, 3.05) is 13.2 Å². The summed E-state index contributed by atoms with van der Waals surface area (Å²) in [7, 11) is 0. The lowest BCUT2D eigenvalue weighted by molar-refractivity contribution is 0.0518. The van der Waals surface area contributed by atoms with Crippen LogP contribution in [-0.2, 0) is 11.2 Å². The van der Waals surface area contributed by atoms with E-state index in [9.17, 15) is 0 Å². The molecule has 2 N–H and O–H groups in total. The molecule has 1 aromatic heterocycles. The van der Waals surface area contributed by atoms with Crippen LogP contribution >= 0.6 is 0 Å². The molecule has 0 saturated heterocycles. The van der Waals surface area contributed by atoms with Gasteiger partial charge in [-0.1, -0.05) is 25.9 Å². The van der Waals surface area contributed by atoms with Crippen LogP contribution in [0.1, 0.15) is 64.8 Å². The number of aromatic nitrogens is 2. The molecule has 116 valence electrons. The monoisotopic (exact) mass is 283 g/mol. The summed E-state index contributed by atoms with van der Waals surface area (Å²) in [4.78, 5) is 4.46. The number of ether oxygens (including phenoxy) is 1. The lowest BCUT2D eigenvalue weighted by atomic mass is 9.88. The molecule has 0 bridgehead atoms. The van der Waals surface area contributed by atoms with Crippen molar-refractivity contribution in [2.45, 2.75) is 59.5 Å². The molecule has 0 aromatic carbocycles. The number of rotatable bonds is 10. The van der Waals surface area contributed by atoms with Gasteiger partial charge in [-0.2, -0.15) is 4.98 Å². The highest BCUT2D eigenvalue weighted by Gasteiger charge is 2.18. The molecule has 1 rings (SSSR count). The zero-order valence-corrected chi connectivity index (χ0v) is 13.3. The largest absolute Gasteiger partial charge is 0.370 e. The van der Waals surface area contributed by atoms with Crippen LogP contribution in [0, 0.1) is 11.8 Å². The fraction of sp³-hybridized carbons (Fsp3) is 0.867. The second-order valence-electron chi connectivity index (χ2n) is 5.52. The van der Waals surface area contributed by atoms with Gasteiger partial charge in [0.15, 0.2) is 0 Å². The first-order chi connectivity index (χ1) is 9.62. The Morgan fingerprint density at radius 3 is 2.55 bits per heavy atom. The summed E-state index contributed by atoms with van der Waals surface area (Å²) < 4.78 is 10.9. The second-order valence-corrected chi connectivity index (χ2v) is 5.52. The van der Waals surface area contributed by atoms with Crippen LogP contribution < -0.4 is 5.73 Å². The Morgan fingerprint density at radius 2 is 2.00 bits per heavy atom. The van der Waals surface area contributed by atoms with E-state index in [0.717, 1.165) is 32.2 Å². The van der Waals surface area contributed by atoms with Gasteiger partial charge >= 0.3 is 0 Å². The molecule has 0 saturated carbocycles. The van der Waals surface area contributed by atoms with E-state index >= 15 is 0 Å². The molecule has 0 radical (unpaired) electrons. The Kier molecular flexibility index (Phi) is 7.77. The van der Waals surface area contributed by atoms with Crippen LogP contribution in [0.25, 0.3) is 0 Å². The topological polar surface area (TPSA) is 74.2 Å². The minimum absolute atomic E-state index is 0.0533.